The van der Waals surface area contributed by atoms with Crippen LogP contribution in [0.15, 0.2) is 72.8 Å². The lowest BCUT2D eigenvalue weighted by molar-refractivity contribution is -0.385. The number of nitro benzene ring substituents is 1. The van der Waals surface area contributed by atoms with Crippen LogP contribution in [0.25, 0.3) is 12.2 Å². The van der Waals surface area contributed by atoms with Crippen molar-refractivity contribution in [2.45, 2.75) is 97.1 Å². The first-order chi connectivity index (χ1) is 25.0. The molecule has 52 heavy (non-hydrogen) atoms. The average molecular weight is 717 g/mol. The van der Waals surface area contributed by atoms with E-state index in [1.807, 2.05) is 19.1 Å². The predicted octanol–water partition coefficient (Wildman–Crippen LogP) is 9.78. The molecule has 0 saturated carbocycles. The van der Waals surface area contributed by atoms with Crippen molar-refractivity contribution in [1.29, 1.82) is 0 Å². The maximum Gasteiger partial charge on any atom is 0.346 e. The number of benzene rings is 3. The number of carbonyl (C=O) groups is 3. The number of aryl methyl sites for hydroxylation is 1. The second-order valence-electron chi connectivity index (χ2n) is 12.7. The molecule has 2 N–H and O–H groups in total. The molecule has 0 spiro atoms. The van der Waals surface area contributed by atoms with E-state index in [1.165, 1.54) is 19.3 Å². The summed E-state index contributed by atoms with van der Waals surface area (Å²) in [4.78, 5) is 47.1. The minimum absolute atomic E-state index is 0.0325. The SMILES string of the molecule is C=C(C)C(=O)OCCCCCCCCCCc1ccc(C(=O)Oc2ccc(/C=C/c3cc([N+](=O)[O-])c(OC(=O)[C@H](F)CCCC)cc3N)cc2)cc1. The van der Waals surface area contributed by atoms with Crippen LogP contribution in [0, 0.1) is 10.1 Å². The highest BCUT2D eigenvalue weighted by atomic mass is 19.1. The van der Waals surface area contributed by atoms with Crippen molar-refractivity contribution in [3.05, 3.63) is 105 Å². The Morgan fingerprint density at radius 3 is 2.13 bits per heavy atom. The number of unbranched alkanes of at least 4 members (excludes halogenated alkanes) is 8. The van der Waals surface area contributed by atoms with Gasteiger partial charge < -0.3 is 19.9 Å². The zero-order valence-corrected chi connectivity index (χ0v) is 30.1. The van der Waals surface area contributed by atoms with Gasteiger partial charge in [0.05, 0.1) is 17.1 Å². The van der Waals surface area contributed by atoms with Crippen molar-refractivity contribution in [2.75, 3.05) is 12.3 Å². The van der Waals surface area contributed by atoms with Crippen molar-refractivity contribution < 1.29 is 37.9 Å². The lowest BCUT2D eigenvalue weighted by Gasteiger charge is -2.10. The van der Waals surface area contributed by atoms with Crippen molar-refractivity contribution in [1.82, 2.24) is 0 Å². The summed E-state index contributed by atoms with van der Waals surface area (Å²) in [7, 11) is 0. The second kappa shape index (κ2) is 21.8. The van der Waals surface area contributed by atoms with Crippen molar-refractivity contribution in [3.8, 4) is 11.5 Å². The molecule has 0 radical (unpaired) electrons. The zero-order chi connectivity index (χ0) is 37.9. The Bertz CT molecular complexity index is 1690. The van der Waals surface area contributed by atoms with E-state index < -0.39 is 34.5 Å². The average Bonchev–Trinajstić information content (AvgIpc) is 3.12. The van der Waals surface area contributed by atoms with Gasteiger partial charge in [-0.25, -0.2) is 18.8 Å². The Balaban J connectivity index is 1.42. The molecular weight excluding hydrogens is 667 g/mol. The van der Waals surface area contributed by atoms with Crippen LogP contribution in [-0.4, -0.2) is 35.6 Å². The fourth-order valence-corrected chi connectivity index (χ4v) is 5.23. The normalized spacial score (nSPS) is 11.6. The number of nitro groups is 1. The highest BCUT2D eigenvalue weighted by Crippen LogP contribution is 2.34. The standard InChI is InChI=1S/C41H49FN2O8/c1-4-5-15-35(42)41(47)52-38-28-36(43)33(27-37(38)44(48)49)23-18-31-19-24-34(25-20-31)51-40(46)32-21-16-30(17-22-32)14-12-10-8-6-7-9-11-13-26-50-39(45)29(2)3/h16-25,27-28,35H,2,4-15,26,43H2,1,3H3/b23-18+/t35-/m1/s1. The molecule has 0 aliphatic heterocycles. The summed E-state index contributed by atoms with van der Waals surface area (Å²) in [6.07, 6.45) is 12.2. The largest absolute Gasteiger partial charge is 0.462 e. The summed E-state index contributed by atoms with van der Waals surface area (Å²) in [5.74, 6) is -2.06. The number of rotatable bonds is 22. The van der Waals surface area contributed by atoms with Crippen LogP contribution in [-0.2, 0) is 20.7 Å². The van der Waals surface area contributed by atoms with Crippen molar-refractivity contribution >= 4 is 41.4 Å². The summed E-state index contributed by atoms with van der Waals surface area (Å²) in [6.45, 7) is 7.53. The number of ether oxygens (including phenoxy) is 3. The summed E-state index contributed by atoms with van der Waals surface area (Å²) in [6, 6.07) is 16.4. The number of anilines is 1. The molecule has 0 aliphatic rings. The summed E-state index contributed by atoms with van der Waals surface area (Å²) in [5.41, 5.74) is 8.70. The number of hydrogen-bond acceptors (Lipinski definition) is 9. The molecule has 0 unspecified atom stereocenters. The minimum atomic E-state index is -1.89. The monoisotopic (exact) mass is 716 g/mol. The molecule has 0 heterocycles. The molecule has 3 aromatic rings. The van der Waals surface area contributed by atoms with Crippen molar-refractivity contribution in [3.63, 3.8) is 0 Å². The molecule has 10 nitrogen and oxygen atoms in total. The van der Waals surface area contributed by atoms with Gasteiger partial charge >= 0.3 is 23.6 Å². The number of esters is 3. The second-order valence-corrected chi connectivity index (χ2v) is 12.7. The maximum atomic E-state index is 14.1. The number of nitrogens with two attached hydrogens (primary N) is 1. The predicted molar refractivity (Wildman–Crippen MR) is 201 cm³/mol. The first kappa shape index (κ1) is 41.1. The number of alkyl halides is 1. The highest BCUT2D eigenvalue weighted by Gasteiger charge is 2.25. The molecule has 0 amide bonds. The lowest BCUT2D eigenvalue weighted by atomic mass is 10.0. The fourth-order valence-electron chi connectivity index (χ4n) is 5.23. The molecule has 3 rings (SSSR count). The first-order valence-corrected chi connectivity index (χ1v) is 17.8. The maximum absolute atomic E-state index is 14.1. The highest BCUT2D eigenvalue weighted by molar-refractivity contribution is 5.91. The molecule has 0 saturated heterocycles. The molecular formula is C41H49FN2O8. The van der Waals surface area contributed by atoms with Crippen LogP contribution in [0.4, 0.5) is 15.8 Å². The number of carbonyl (C=O) groups excluding carboxylic acids is 3. The Labute approximate surface area is 305 Å². The van der Waals surface area contributed by atoms with Crippen LogP contribution in [0.5, 0.6) is 11.5 Å². The van der Waals surface area contributed by atoms with E-state index in [0.717, 1.165) is 56.2 Å². The van der Waals surface area contributed by atoms with Gasteiger partial charge in [-0.15, -0.1) is 0 Å². The van der Waals surface area contributed by atoms with Crippen LogP contribution in [0.2, 0.25) is 0 Å². The molecule has 3 aromatic carbocycles. The summed E-state index contributed by atoms with van der Waals surface area (Å²) < 4.78 is 29.7. The van der Waals surface area contributed by atoms with Gasteiger partial charge in [0.15, 0.2) is 6.17 Å². The summed E-state index contributed by atoms with van der Waals surface area (Å²) in [5, 5.41) is 11.7. The molecule has 0 aromatic heterocycles. The first-order valence-electron chi connectivity index (χ1n) is 17.8. The third kappa shape index (κ3) is 14.1. The Morgan fingerprint density at radius 2 is 1.52 bits per heavy atom. The van der Waals surface area contributed by atoms with E-state index >= 15 is 0 Å². The van der Waals surface area contributed by atoms with Gasteiger partial charge in [-0.1, -0.05) is 101 Å². The minimum Gasteiger partial charge on any atom is -0.462 e. The van der Waals surface area contributed by atoms with E-state index in [1.54, 1.807) is 55.5 Å². The quantitative estimate of drug-likeness (QED) is 0.0157. The van der Waals surface area contributed by atoms with E-state index in [-0.39, 0.29) is 18.1 Å². The van der Waals surface area contributed by atoms with Gasteiger partial charge in [0.25, 0.3) is 0 Å². The molecule has 0 fully saturated rings. The smallest absolute Gasteiger partial charge is 0.346 e. The topological polar surface area (TPSA) is 148 Å². The van der Waals surface area contributed by atoms with Gasteiger partial charge in [0.1, 0.15) is 5.75 Å². The van der Waals surface area contributed by atoms with Crippen LogP contribution in [0.3, 0.4) is 0 Å². The number of hydrogen-bond donors (Lipinski definition) is 1. The lowest BCUT2D eigenvalue weighted by Crippen LogP contribution is -2.22. The van der Waals surface area contributed by atoms with E-state index in [2.05, 4.69) is 6.58 Å². The van der Waals surface area contributed by atoms with Gasteiger partial charge in [0, 0.05) is 29.0 Å². The zero-order valence-electron chi connectivity index (χ0n) is 30.1. The molecule has 1 atom stereocenters. The third-order valence-electron chi connectivity index (χ3n) is 8.32. The van der Waals surface area contributed by atoms with Crippen LogP contribution >= 0.6 is 0 Å². The third-order valence-corrected chi connectivity index (χ3v) is 8.32. The summed E-state index contributed by atoms with van der Waals surface area (Å²) >= 11 is 0. The molecule has 0 aliphatic carbocycles. The van der Waals surface area contributed by atoms with Gasteiger partial charge in [0.2, 0.25) is 5.75 Å². The van der Waals surface area contributed by atoms with E-state index in [0.29, 0.717) is 47.5 Å². The molecule has 11 heteroatoms. The van der Waals surface area contributed by atoms with Gasteiger partial charge in [-0.05, 0) is 68.0 Å². The van der Waals surface area contributed by atoms with E-state index in [9.17, 15) is 28.9 Å². The fraction of sp³-hybridized carbons (Fsp3) is 0.390. The Hall–Kier alpha value is -5.32. The van der Waals surface area contributed by atoms with Crippen LogP contribution in [0.1, 0.15) is 112 Å². The van der Waals surface area contributed by atoms with E-state index in [4.69, 9.17) is 19.9 Å². The van der Waals surface area contributed by atoms with Crippen LogP contribution < -0.4 is 15.2 Å². The Kier molecular flexibility index (Phi) is 17.2. The van der Waals surface area contributed by atoms with Gasteiger partial charge in [-0.2, -0.15) is 0 Å². The Morgan fingerprint density at radius 1 is 0.885 bits per heavy atom. The number of halogens is 1. The van der Waals surface area contributed by atoms with Crippen molar-refractivity contribution in [2.24, 2.45) is 0 Å². The van der Waals surface area contributed by atoms with Gasteiger partial charge in [-0.3, -0.25) is 10.1 Å². The molecule has 278 valence electrons. The molecule has 0 bridgehead atoms. The number of nitrogens with zero attached hydrogens (tertiary/aromatic N) is 1. The number of nitrogen functional groups attached to an aromatic ring is 1.